The Morgan fingerprint density at radius 1 is 0.977 bits per heavy atom. The van der Waals surface area contributed by atoms with Crippen LogP contribution in [0.25, 0.3) is 0 Å². The zero-order valence-electron chi connectivity index (χ0n) is 23.1. The summed E-state index contributed by atoms with van der Waals surface area (Å²) in [5.74, 6) is -1.18. The van der Waals surface area contributed by atoms with Gasteiger partial charge in [0, 0.05) is 49.9 Å². The smallest absolute Gasteiger partial charge is 0.416 e. The van der Waals surface area contributed by atoms with E-state index in [2.05, 4.69) is 5.32 Å². The maximum atomic E-state index is 13.7. The van der Waals surface area contributed by atoms with Gasteiger partial charge in [0.2, 0.25) is 5.91 Å². The molecule has 1 N–H and O–H groups in total. The Hall–Kier alpha value is -4.09. The lowest BCUT2D eigenvalue weighted by molar-refractivity contribution is -0.138. The number of piperazine rings is 1. The van der Waals surface area contributed by atoms with E-state index in [0.29, 0.717) is 23.7 Å². The molecule has 43 heavy (non-hydrogen) atoms. The lowest BCUT2D eigenvalue weighted by atomic mass is 10.1. The van der Waals surface area contributed by atoms with Crippen molar-refractivity contribution in [1.82, 2.24) is 20.0 Å². The third-order valence-corrected chi connectivity index (χ3v) is 7.89. The molecule has 0 aromatic heterocycles. The van der Waals surface area contributed by atoms with Crippen molar-refractivity contribution in [2.75, 3.05) is 45.9 Å². The molecule has 0 aliphatic carbocycles. The van der Waals surface area contributed by atoms with Gasteiger partial charge in [-0.05, 0) is 42.0 Å². The third-order valence-electron chi connectivity index (χ3n) is 7.52. The van der Waals surface area contributed by atoms with Gasteiger partial charge in [-0.15, -0.1) is 0 Å². The molecule has 3 aromatic rings. The lowest BCUT2D eigenvalue weighted by Gasteiger charge is -2.42. The van der Waals surface area contributed by atoms with Crippen LogP contribution in [0.2, 0.25) is 5.02 Å². The summed E-state index contributed by atoms with van der Waals surface area (Å²) in [5, 5.41) is 3.19. The molecule has 1 fully saturated rings. The van der Waals surface area contributed by atoms with Gasteiger partial charge in [0.15, 0.2) is 0 Å². The van der Waals surface area contributed by atoms with Crippen molar-refractivity contribution in [2.24, 2.45) is 0 Å². The Kier molecular flexibility index (Phi) is 9.22. The molecule has 2 aliphatic heterocycles. The van der Waals surface area contributed by atoms with Gasteiger partial charge >= 0.3 is 6.18 Å². The van der Waals surface area contributed by atoms with E-state index in [0.717, 1.165) is 23.8 Å². The predicted octanol–water partition coefficient (Wildman–Crippen LogP) is 4.34. The number of carbonyl (C=O) groups excluding carboxylic acids is 3. The van der Waals surface area contributed by atoms with Gasteiger partial charge in [-0.3, -0.25) is 19.3 Å². The van der Waals surface area contributed by atoms with E-state index in [-0.39, 0.29) is 62.5 Å². The average Bonchev–Trinajstić information content (AvgIpc) is 3.00. The fraction of sp³-hybridized carbons (Fsp3) is 0.323. The molecule has 1 atom stereocenters. The number of alkyl halides is 3. The molecule has 0 spiro atoms. The van der Waals surface area contributed by atoms with Gasteiger partial charge in [-0.1, -0.05) is 48.0 Å². The summed E-state index contributed by atoms with van der Waals surface area (Å²) >= 11 is 6.38. The van der Waals surface area contributed by atoms with E-state index >= 15 is 0 Å². The van der Waals surface area contributed by atoms with E-state index in [1.807, 2.05) is 23.1 Å². The van der Waals surface area contributed by atoms with Gasteiger partial charge in [0.05, 0.1) is 23.7 Å². The summed E-state index contributed by atoms with van der Waals surface area (Å²) in [6.07, 6.45) is -4.66. The molecule has 2 heterocycles. The first-order valence-corrected chi connectivity index (χ1v) is 14.2. The quantitative estimate of drug-likeness (QED) is 0.475. The largest absolute Gasteiger partial charge is 0.491 e. The predicted molar refractivity (Wildman–Crippen MR) is 154 cm³/mol. The van der Waals surface area contributed by atoms with Gasteiger partial charge in [0.25, 0.3) is 11.8 Å². The van der Waals surface area contributed by atoms with Crippen LogP contribution in [-0.4, -0.2) is 84.3 Å². The second-order valence-electron chi connectivity index (χ2n) is 10.4. The summed E-state index contributed by atoms with van der Waals surface area (Å²) in [7, 11) is 0. The van der Waals surface area contributed by atoms with Crippen molar-refractivity contribution < 1.29 is 32.3 Å². The van der Waals surface area contributed by atoms with Crippen LogP contribution in [0.3, 0.4) is 0 Å². The van der Waals surface area contributed by atoms with Gasteiger partial charge in [-0.2, -0.15) is 13.2 Å². The molecule has 0 saturated carbocycles. The van der Waals surface area contributed by atoms with E-state index in [4.69, 9.17) is 16.3 Å². The second-order valence-corrected chi connectivity index (χ2v) is 10.8. The summed E-state index contributed by atoms with van der Waals surface area (Å²) < 4.78 is 46.5. The SMILES string of the molecule is O=C1NCCN(Cc2ccccc2Cl)CC(=O)N2CCN(C(=O)c3ccccc3)C[C@H]2COc2ccc(C(F)(F)F)cc21. The van der Waals surface area contributed by atoms with Gasteiger partial charge in [-0.25, -0.2) is 0 Å². The Labute approximate surface area is 252 Å². The number of fused-ring (bicyclic) bond motifs is 2. The number of benzene rings is 3. The summed E-state index contributed by atoms with van der Waals surface area (Å²) in [6.45, 7) is 1.14. The molecule has 0 radical (unpaired) electrons. The Bertz CT molecular complexity index is 1490. The molecule has 8 nitrogen and oxygen atoms in total. The first-order valence-electron chi connectivity index (χ1n) is 13.8. The normalized spacial score (nSPS) is 18.7. The van der Waals surface area contributed by atoms with Crippen LogP contribution >= 0.6 is 11.6 Å². The molecule has 226 valence electrons. The molecule has 0 bridgehead atoms. The highest BCUT2D eigenvalue weighted by atomic mass is 35.5. The Morgan fingerprint density at radius 3 is 2.47 bits per heavy atom. The van der Waals surface area contributed by atoms with Crippen LogP contribution in [-0.2, 0) is 17.5 Å². The summed E-state index contributed by atoms with van der Waals surface area (Å²) in [6, 6.07) is 18.1. The van der Waals surface area contributed by atoms with Crippen molar-refractivity contribution in [3.8, 4) is 5.75 Å². The molecular formula is C31H30ClF3N4O4. The average molecular weight is 615 g/mol. The van der Waals surface area contributed by atoms with Crippen molar-refractivity contribution >= 4 is 29.3 Å². The molecule has 1 saturated heterocycles. The number of carbonyl (C=O) groups is 3. The van der Waals surface area contributed by atoms with E-state index < -0.39 is 23.7 Å². The van der Waals surface area contributed by atoms with Crippen molar-refractivity contribution in [1.29, 1.82) is 0 Å². The molecule has 5 rings (SSSR count). The van der Waals surface area contributed by atoms with E-state index in [9.17, 15) is 27.6 Å². The molecule has 2 aliphatic rings. The number of amides is 3. The minimum absolute atomic E-state index is 0.00457. The van der Waals surface area contributed by atoms with Crippen LogP contribution in [0, 0.1) is 0 Å². The number of rotatable bonds is 3. The molecule has 3 aromatic carbocycles. The van der Waals surface area contributed by atoms with Crippen molar-refractivity contribution in [3.05, 3.63) is 100 Å². The highest BCUT2D eigenvalue weighted by Crippen LogP contribution is 2.33. The lowest BCUT2D eigenvalue weighted by Crippen LogP contribution is -2.60. The van der Waals surface area contributed by atoms with Crippen LogP contribution in [0.4, 0.5) is 13.2 Å². The maximum Gasteiger partial charge on any atom is 0.416 e. The molecule has 3 amide bonds. The first kappa shape index (κ1) is 30.4. The zero-order chi connectivity index (χ0) is 30.6. The van der Waals surface area contributed by atoms with Crippen LogP contribution in [0.5, 0.6) is 5.75 Å². The number of hydrogen-bond donors (Lipinski definition) is 1. The van der Waals surface area contributed by atoms with Crippen LogP contribution in [0.15, 0.2) is 72.8 Å². The fourth-order valence-electron chi connectivity index (χ4n) is 5.26. The van der Waals surface area contributed by atoms with E-state index in [1.165, 1.54) is 0 Å². The third kappa shape index (κ3) is 7.29. The topological polar surface area (TPSA) is 82.2 Å². The van der Waals surface area contributed by atoms with Crippen LogP contribution < -0.4 is 10.1 Å². The fourth-order valence-corrected chi connectivity index (χ4v) is 5.45. The van der Waals surface area contributed by atoms with Gasteiger partial charge in [0.1, 0.15) is 12.4 Å². The molecule has 0 unspecified atom stereocenters. The van der Waals surface area contributed by atoms with Crippen molar-refractivity contribution in [2.45, 2.75) is 18.8 Å². The summed E-state index contributed by atoms with van der Waals surface area (Å²) in [5.41, 5.74) is 0.0350. The van der Waals surface area contributed by atoms with Gasteiger partial charge < -0.3 is 19.9 Å². The Balaban J connectivity index is 1.46. The number of halogens is 4. The number of nitrogens with zero attached hydrogens (tertiary/aromatic N) is 3. The maximum absolute atomic E-state index is 13.7. The number of nitrogens with one attached hydrogen (secondary N) is 1. The summed E-state index contributed by atoms with van der Waals surface area (Å²) in [4.78, 5) is 45.2. The zero-order valence-corrected chi connectivity index (χ0v) is 23.9. The first-order chi connectivity index (χ1) is 20.6. The van der Waals surface area contributed by atoms with Crippen LogP contribution in [0.1, 0.15) is 31.8 Å². The van der Waals surface area contributed by atoms with Crippen molar-refractivity contribution in [3.63, 3.8) is 0 Å². The van der Waals surface area contributed by atoms with E-state index in [1.54, 1.807) is 46.2 Å². The second kappa shape index (κ2) is 13.0. The Morgan fingerprint density at radius 2 is 1.72 bits per heavy atom. The minimum Gasteiger partial charge on any atom is -0.491 e. The monoisotopic (exact) mass is 614 g/mol. The highest BCUT2D eigenvalue weighted by molar-refractivity contribution is 6.31. The molecular weight excluding hydrogens is 585 g/mol. The minimum atomic E-state index is -4.66. The molecule has 12 heteroatoms. The number of ether oxygens (including phenoxy) is 1. The highest BCUT2D eigenvalue weighted by Gasteiger charge is 2.36. The number of hydrogen-bond acceptors (Lipinski definition) is 5. The standard InChI is InChI=1S/C31H30ClF3N4O4/c32-26-9-5-4-8-22(26)17-37-13-12-36-29(41)25-16-23(31(33,34)35)10-11-27(25)43-20-24-18-38(14-15-39(24)28(40)19-37)30(42)21-6-2-1-3-7-21/h1-11,16,24H,12-15,17-20H2,(H,36,41)/t24-/m0/s1.